The van der Waals surface area contributed by atoms with Gasteiger partial charge in [0, 0.05) is 17.7 Å². The average Bonchev–Trinajstić information content (AvgIpc) is 2.64. The van der Waals surface area contributed by atoms with Crippen LogP contribution < -0.4 is 5.32 Å². The van der Waals surface area contributed by atoms with Crippen molar-refractivity contribution in [1.82, 2.24) is 14.3 Å². The van der Waals surface area contributed by atoms with Gasteiger partial charge in [0.2, 0.25) is 5.13 Å². The molecule has 1 atom stereocenters. The molecule has 0 amide bonds. The summed E-state index contributed by atoms with van der Waals surface area (Å²) in [5.74, 6) is 0.393. The Morgan fingerprint density at radius 3 is 2.94 bits per heavy atom. The van der Waals surface area contributed by atoms with Gasteiger partial charge >= 0.3 is 0 Å². The van der Waals surface area contributed by atoms with Gasteiger partial charge in [-0.05, 0) is 26.0 Å². The van der Waals surface area contributed by atoms with Gasteiger partial charge in [0.25, 0.3) is 0 Å². The second-order valence-electron chi connectivity index (χ2n) is 3.38. The largest absolute Gasteiger partial charge is 0.352 e. The number of pyridine rings is 1. The van der Waals surface area contributed by atoms with Gasteiger partial charge in [-0.1, -0.05) is 0 Å². The Hall–Kier alpha value is -1.56. The first-order valence-electron chi connectivity index (χ1n) is 4.84. The molecule has 4 nitrogen and oxygen atoms in total. The Morgan fingerprint density at radius 1 is 1.50 bits per heavy atom. The minimum atomic E-state index is -0.316. The third kappa shape index (κ3) is 2.33. The molecule has 0 saturated carbocycles. The lowest BCUT2D eigenvalue weighted by Gasteiger charge is -2.12. The number of hydrogen-bond acceptors (Lipinski definition) is 5. The Morgan fingerprint density at radius 2 is 2.31 bits per heavy atom. The number of halogens is 1. The monoisotopic (exact) mass is 238 g/mol. The van der Waals surface area contributed by atoms with Crippen molar-refractivity contribution in [3.63, 3.8) is 0 Å². The fourth-order valence-corrected chi connectivity index (χ4v) is 1.99. The van der Waals surface area contributed by atoms with Gasteiger partial charge < -0.3 is 5.32 Å². The Bertz CT molecular complexity index is 485. The summed E-state index contributed by atoms with van der Waals surface area (Å²) in [6, 6.07) is 2.74. The highest BCUT2D eigenvalue weighted by Gasteiger charge is 2.13. The zero-order chi connectivity index (χ0) is 11.5. The summed E-state index contributed by atoms with van der Waals surface area (Å²) in [5, 5.41) is 3.74. The molecule has 16 heavy (non-hydrogen) atoms. The number of anilines is 1. The summed E-state index contributed by atoms with van der Waals surface area (Å²) < 4.78 is 17.5. The van der Waals surface area contributed by atoms with E-state index in [-0.39, 0.29) is 11.9 Å². The van der Waals surface area contributed by atoms with E-state index in [2.05, 4.69) is 19.7 Å². The van der Waals surface area contributed by atoms with E-state index >= 15 is 0 Å². The quantitative estimate of drug-likeness (QED) is 0.892. The highest BCUT2D eigenvalue weighted by Crippen LogP contribution is 2.20. The highest BCUT2D eigenvalue weighted by molar-refractivity contribution is 7.09. The molecule has 6 heteroatoms. The first kappa shape index (κ1) is 10.9. The van der Waals surface area contributed by atoms with Crippen LogP contribution in [0.2, 0.25) is 0 Å². The van der Waals surface area contributed by atoms with Crippen molar-refractivity contribution in [2.24, 2.45) is 0 Å². The Balaban J connectivity index is 2.14. The minimum absolute atomic E-state index is 0.228. The fourth-order valence-electron chi connectivity index (χ4n) is 1.33. The molecule has 0 saturated heterocycles. The molecule has 1 N–H and O–H groups in total. The van der Waals surface area contributed by atoms with Crippen LogP contribution in [0.25, 0.3) is 0 Å². The molecule has 2 heterocycles. The van der Waals surface area contributed by atoms with Crippen LogP contribution >= 0.6 is 11.5 Å². The lowest BCUT2D eigenvalue weighted by Crippen LogP contribution is -2.10. The van der Waals surface area contributed by atoms with Gasteiger partial charge in [-0.2, -0.15) is 4.37 Å². The third-order valence-electron chi connectivity index (χ3n) is 2.06. The number of nitrogens with one attached hydrogen (secondary N) is 1. The molecule has 0 aliphatic heterocycles. The smallest absolute Gasteiger partial charge is 0.203 e. The molecule has 2 aromatic heterocycles. The van der Waals surface area contributed by atoms with Crippen molar-refractivity contribution in [2.75, 3.05) is 5.32 Å². The van der Waals surface area contributed by atoms with Crippen LogP contribution in [0.3, 0.4) is 0 Å². The molecule has 0 unspecified atom stereocenters. The maximum atomic E-state index is 13.4. The second kappa shape index (κ2) is 4.52. The number of hydrogen-bond donors (Lipinski definition) is 1. The van der Waals surface area contributed by atoms with Crippen LogP contribution in [-0.2, 0) is 0 Å². The minimum Gasteiger partial charge on any atom is -0.352 e. The lowest BCUT2D eigenvalue weighted by molar-refractivity contribution is 0.587. The van der Waals surface area contributed by atoms with Gasteiger partial charge in [0.15, 0.2) is 0 Å². The van der Waals surface area contributed by atoms with E-state index in [1.165, 1.54) is 17.6 Å². The molecule has 2 rings (SSSR count). The van der Waals surface area contributed by atoms with E-state index in [1.807, 2.05) is 13.8 Å². The zero-order valence-electron chi connectivity index (χ0n) is 8.94. The highest BCUT2D eigenvalue weighted by atomic mass is 32.1. The van der Waals surface area contributed by atoms with Crippen LogP contribution in [-0.4, -0.2) is 14.3 Å². The first-order valence-corrected chi connectivity index (χ1v) is 5.61. The van der Waals surface area contributed by atoms with Crippen LogP contribution in [0.5, 0.6) is 0 Å². The van der Waals surface area contributed by atoms with Crippen molar-refractivity contribution < 1.29 is 4.39 Å². The predicted octanol–water partition coefficient (Wildman–Crippen LogP) is 2.55. The molecule has 0 bridgehead atoms. The third-order valence-corrected chi connectivity index (χ3v) is 2.80. The van der Waals surface area contributed by atoms with E-state index in [1.54, 1.807) is 12.3 Å². The van der Waals surface area contributed by atoms with Crippen LogP contribution in [0, 0.1) is 12.7 Å². The second-order valence-corrected chi connectivity index (χ2v) is 4.14. The summed E-state index contributed by atoms with van der Waals surface area (Å²) in [6.07, 6.45) is 1.57. The molecule has 84 valence electrons. The molecule has 0 radical (unpaired) electrons. The molecular weight excluding hydrogens is 227 g/mol. The normalized spacial score (nSPS) is 12.4. The molecule has 0 aliphatic rings. The van der Waals surface area contributed by atoms with Gasteiger partial charge in [-0.25, -0.2) is 9.37 Å². The number of nitrogens with zero attached hydrogens (tertiary/aromatic N) is 3. The van der Waals surface area contributed by atoms with Gasteiger partial charge in [-0.3, -0.25) is 4.98 Å². The maximum Gasteiger partial charge on any atom is 0.203 e. The van der Waals surface area contributed by atoms with E-state index in [0.717, 1.165) is 0 Å². The van der Waals surface area contributed by atoms with Crippen molar-refractivity contribution in [1.29, 1.82) is 0 Å². The number of rotatable bonds is 3. The SMILES string of the molecule is Cc1nsc(N[C@@H](C)c2ncccc2F)n1. The average molecular weight is 238 g/mol. The Kier molecular flexibility index (Phi) is 3.09. The summed E-state index contributed by atoms with van der Waals surface area (Å²) >= 11 is 1.26. The molecule has 0 aliphatic carbocycles. The molecule has 2 aromatic rings. The van der Waals surface area contributed by atoms with Crippen LogP contribution in [0.1, 0.15) is 24.5 Å². The maximum absolute atomic E-state index is 13.4. The summed E-state index contributed by atoms with van der Waals surface area (Å²) in [4.78, 5) is 8.15. The number of aryl methyl sites for hydroxylation is 1. The zero-order valence-corrected chi connectivity index (χ0v) is 9.75. The van der Waals surface area contributed by atoms with E-state index in [4.69, 9.17) is 0 Å². The van der Waals surface area contributed by atoms with Crippen LogP contribution in [0.15, 0.2) is 18.3 Å². The molecule has 0 fully saturated rings. The summed E-state index contributed by atoms with van der Waals surface area (Å²) in [6.45, 7) is 3.65. The van der Waals surface area contributed by atoms with E-state index < -0.39 is 0 Å². The van der Waals surface area contributed by atoms with Crippen molar-refractivity contribution >= 4 is 16.7 Å². The number of aromatic nitrogens is 3. The fraction of sp³-hybridized carbons (Fsp3) is 0.300. The van der Waals surface area contributed by atoms with Crippen molar-refractivity contribution in [3.05, 3.63) is 35.7 Å². The predicted molar refractivity (Wildman–Crippen MR) is 60.9 cm³/mol. The topological polar surface area (TPSA) is 50.7 Å². The summed E-state index contributed by atoms with van der Waals surface area (Å²) in [7, 11) is 0. The summed E-state index contributed by atoms with van der Waals surface area (Å²) in [5.41, 5.74) is 0.385. The van der Waals surface area contributed by atoms with Crippen molar-refractivity contribution in [3.8, 4) is 0 Å². The van der Waals surface area contributed by atoms with Gasteiger partial charge in [0.05, 0.1) is 11.7 Å². The van der Waals surface area contributed by atoms with Crippen LogP contribution in [0.4, 0.5) is 9.52 Å². The lowest BCUT2D eigenvalue weighted by atomic mass is 10.2. The first-order chi connectivity index (χ1) is 7.66. The van der Waals surface area contributed by atoms with Crippen molar-refractivity contribution in [2.45, 2.75) is 19.9 Å². The van der Waals surface area contributed by atoms with E-state index in [0.29, 0.717) is 16.6 Å². The van der Waals surface area contributed by atoms with Gasteiger partial charge in [0.1, 0.15) is 11.6 Å². The molecule has 0 aromatic carbocycles. The standard InChI is InChI=1S/C10H11FN4S/c1-6(9-8(11)4-3-5-12-9)13-10-14-7(2)15-16-10/h3-6H,1-2H3,(H,13,14,15)/t6-/m0/s1. The molecular formula is C10H11FN4S. The van der Waals surface area contributed by atoms with E-state index in [9.17, 15) is 4.39 Å². The van der Waals surface area contributed by atoms with Gasteiger partial charge in [-0.15, -0.1) is 0 Å². The Labute approximate surface area is 96.7 Å². The molecule has 0 spiro atoms.